The SMILES string of the molecule is CC(=O)COC(=O)[C@@H](N)CCCCNC(C)NO. The van der Waals surface area contributed by atoms with Crippen molar-refractivity contribution >= 4 is 11.8 Å². The van der Waals surface area contributed by atoms with Gasteiger partial charge in [0, 0.05) is 0 Å². The van der Waals surface area contributed by atoms with E-state index in [0.717, 1.165) is 12.8 Å². The van der Waals surface area contributed by atoms with Crippen LogP contribution in [0, 0.1) is 0 Å². The second-order valence-electron chi connectivity index (χ2n) is 4.22. The monoisotopic (exact) mass is 261 g/mol. The van der Waals surface area contributed by atoms with Crippen LogP contribution in [0.4, 0.5) is 0 Å². The molecular weight excluding hydrogens is 238 g/mol. The average molecular weight is 261 g/mol. The molecule has 0 amide bonds. The number of unbranched alkanes of at least 4 members (excludes halogenated alkanes) is 1. The van der Waals surface area contributed by atoms with Crippen LogP contribution in [-0.2, 0) is 14.3 Å². The molecule has 1 unspecified atom stereocenters. The average Bonchev–Trinajstić information content (AvgIpc) is 2.34. The minimum Gasteiger partial charge on any atom is -0.457 e. The van der Waals surface area contributed by atoms with Crippen LogP contribution in [0.25, 0.3) is 0 Å². The Labute approximate surface area is 107 Å². The molecule has 0 aromatic heterocycles. The normalized spacial score (nSPS) is 14.0. The first-order valence-electron chi connectivity index (χ1n) is 6.02. The van der Waals surface area contributed by atoms with E-state index in [1.807, 2.05) is 0 Å². The highest BCUT2D eigenvalue weighted by Gasteiger charge is 2.14. The maximum absolute atomic E-state index is 11.3. The summed E-state index contributed by atoms with van der Waals surface area (Å²) < 4.78 is 4.71. The van der Waals surface area contributed by atoms with E-state index in [0.29, 0.717) is 13.0 Å². The van der Waals surface area contributed by atoms with E-state index < -0.39 is 12.0 Å². The van der Waals surface area contributed by atoms with Crippen LogP contribution in [0.15, 0.2) is 0 Å². The number of ether oxygens (including phenoxy) is 1. The summed E-state index contributed by atoms with van der Waals surface area (Å²) in [4.78, 5) is 21.9. The minimum atomic E-state index is -0.683. The van der Waals surface area contributed by atoms with Crippen molar-refractivity contribution < 1.29 is 19.5 Å². The molecule has 0 radical (unpaired) electrons. The molecule has 0 aliphatic rings. The van der Waals surface area contributed by atoms with Gasteiger partial charge >= 0.3 is 5.97 Å². The fourth-order valence-electron chi connectivity index (χ4n) is 1.25. The van der Waals surface area contributed by atoms with Crippen molar-refractivity contribution in [3.05, 3.63) is 0 Å². The lowest BCUT2D eigenvalue weighted by Gasteiger charge is -2.12. The predicted molar refractivity (Wildman–Crippen MR) is 65.9 cm³/mol. The third-order valence-corrected chi connectivity index (χ3v) is 2.31. The van der Waals surface area contributed by atoms with Gasteiger partial charge in [-0.05, 0) is 33.2 Å². The van der Waals surface area contributed by atoms with Crippen molar-refractivity contribution in [3.63, 3.8) is 0 Å². The van der Waals surface area contributed by atoms with Crippen molar-refractivity contribution in [1.82, 2.24) is 10.8 Å². The molecule has 0 bridgehead atoms. The molecule has 0 rings (SSSR count). The van der Waals surface area contributed by atoms with Gasteiger partial charge in [0.2, 0.25) is 0 Å². The molecule has 0 aliphatic heterocycles. The van der Waals surface area contributed by atoms with Gasteiger partial charge < -0.3 is 21.0 Å². The molecule has 0 saturated heterocycles. The lowest BCUT2D eigenvalue weighted by molar-refractivity contribution is -0.149. The molecule has 0 fully saturated rings. The molecule has 0 aromatic carbocycles. The molecule has 7 heteroatoms. The number of carbonyl (C=O) groups excluding carboxylic acids is 2. The Kier molecular flexibility index (Phi) is 9.39. The van der Waals surface area contributed by atoms with Crippen LogP contribution >= 0.6 is 0 Å². The lowest BCUT2D eigenvalue weighted by Crippen LogP contribution is -2.38. The molecule has 18 heavy (non-hydrogen) atoms. The Hall–Kier alpha value is -1.02. The Bertz CT molecular complexity index is 261. The van der Waals surface area contributed by atoms with Gasteiger partial charge in [0.15, 0.2) is 5.78 Å². The van der Waals surface area contributed by atoms with Gasteiger partial charge in [-0.2, -0.15) is 5.48 Å². The number of ketones is 1. The third kappa shape index (κ3) is 9.06. The zero-order chi connectivity index (χ0) is 14.0. The highest BCUT2D eigenvalue weighted by molar-refractivity contribution is 5.82. The summed E-state index contributed by atoms with van der Waals surface area (Å²) in [5, 5.41) is 11.5. The second kappa shape index (κ2) is 9.95. The second-order valence-corrected chi connectivity index (χ2v) is 4.22. The van der Waals surface area contributed by atoms with Gasteiger partial charge in [0.1, 0.15) is 12.6 Å². The van der Waals surface area contributed by atoms with Crippen molar-refractivity contribution in [1.29, 1.82) is 0 Å². The van der Waals surface area contributed by atoms with Crippen molar-refractivity contribution in [2.24, 2.45) is 5.73 Å². The number of esters is 1. The first kappa shape index (κ1) is 17.0. The molecular formula is C11H23N3O4. The van der Waals surface area contributed by atoms with Gasteiger partial charge in [-0.15, -0.1) is 0 Å². The van der Waals surface area contributed by atoms with Crippen LogP contribution in [0.5, 0.6) is 0 Å². The Morgan fingerprint density at radius 2 is 2.06 bits per heavy atom. The fourth-order valence-corrected chi connectivity index (χ4v) is 1.25. The van der Waals surface area contributed by atoms with Crippen LogP contribution in [0.3, 0.4) is 0 Å². The first-order chi connectivity index (χ1) is 8.47. The number of hydrogen-bond donors (Lipinski definition) is 4. The Balaban J connectivity index is 3.54. The van der Waals surface area contributed by atoms with E-state index in [1.165, 1.54) is 6.92 Å². The quantitative estimate of drug-likeness (QED) is 0.182. The summed E-state index contributed by atoms with van der Waals surface area (Å²) in [5.74, 6) is -0.742. The summed E-state index contributed by atoms with van der Waals surface area (Å²) >= 11 is 0. The van der Waals surface area contributed by atoms with E-state index >= 15 is 0 Å². The van der Waals surface area contributed by atoms with Gasteiger partial charge in [0.25, 0.3) is 0 Å². The third-order valence-electron chi connectivity index (χ3n) is 2.31. The lowest BCUT2D eigenvalue weighted by atomic mass is 10.1. The molecule has 7 nitrogen and oxygen atoms in total. The number of Topliss-reactive ketones (excluding diaryl/α,β-unsaturated/α-hetero) is 1. The largest absolute Gasteiger partial charge is 0.457 e. The Morgan fingerprint density at radius 3 is 2.61 bits per heavy atom. The van der Waals surface area contributed by atoms with Gasteiger partial charge in [-0.1, -0.05) is 6.42 Å². The minimum absolute atomic E-state index is 0.167. The maximum Gasteiger partial charge on any atom is 0.323 e. The number of hydrogen-bond acceptors (Lipinski definition) is 7. The maximum atomic E-state index is 11.3. The zero-order valence-electron chi connectivity index (χ0n) is 10.9. The van der Waals surface area contributed by atoms with Gasteiger partial charge in [-0.3, -0.25) is 9.59 Å². The van der Waals surface area contributed by atoms with E-state index in [-0.39, 0.29) is 18.6 Å². The molecule has 2 atom stereocenters. The summed E-state index contributed by atoms with van der Waals surface area (Å²) in [6.07, 6.45) is 1.94. The van der Waals surface area contributed by atoms with Gasteiger partial charge in [-0.25, -0.2) is 0 Å². The van der Waals surface area contributed by atoms with Crippen molar-refractivity contribution in [3.8, 4) is 0 Å². The van der Waals surface area contributed by atoms with Crippen molar-refractivity contribution in [2.45, 2.75) is 45.3 Å². The van der Waals surface area contributed by atoms with Crippen LogP contribution < -0.4 is 16.5 Å². The van der Waals surface area contributed by atoms with Crippen LogP contribution in [0.1, 0.15) is 33.1 Å². The number of rotatable bonds is 10. The van der Waals surface area contributed by atoms with E-state index in [9.17, 15) is 9.59 Å². The predicted octanol–water partition coefficient (Wildman–Crippen LogP) is -0.469. The standard InChI is InChI=1S/C11H23N3O4/c1-8(15)7-18-11(16)10(12)5-3-4-6-13-9(2)14-17/h9-10,13-14,17H,3-7,12H2,1-2H3/t9?,10-/m0/s1. The highest BCUT2D eigenvalue weighted by Crippen LogP contribution is 2.00. The van der Waals surface area contributed by atoms with E-state index in [1.54, 1.807) is 6.92 Å². The summed E-state index contributed by atoms with van der Waals surface area (Å²) in [5.41, 5.74) is 7.68. The summed E-state index contributed by atoms with van der Waals surface area (Å²) in [7, 11) is 0. The zero-order valence-corrected chi connectivity index (χ0v) is 10.9. The molecule has 0 heterocycles. The number of hydroxylamine groups is 1. The van der Waals surface area contributed by atoms with Gasteiger partial charge in [0.05, 0.1) is 6.17 Å². The first-order valence-corrected chi connectivity index (χ1v) is 6.02. The number of nitrogens with two attached hydrogens (primary N) is 1. The van der Waals surface area contributed by atoms with E-state index in [2.05, 4.69) is 10.8 Å². The summed E-state index contributed by atoms with van der Waals surface area (Å²) in [6.45, 7) is 3.63. The smallest absolute Gasteiger partial charge is 0.323 e. The van der Waals surface area contributed by atoms with E-state index in [4.69, 9.17) is 15.7 Å². The Morgan fingerprint density at radius 1 is 1.39 bits per heavy atom. The van der Waals surface area contributed by atoms with Crippen LogP contribution in [0.2, 0.25) is 0 Å². The molecule has 0 aromatic rings. The van der Waals surface area contributed by atoms with Crippen LogP contribution in [-0.4, -0.2) is 42.3 Å². The summed E-state index contributed by atoms with van der Waals surface area (Å²) in [6, 6.07) is -0.683. The molecule has 106 valence electrons. The number of nitrogens with one attached hydrogen (secondary N) is 2. The molecule has 0 saturated carbocycles. The topological polar surface area (TPSA) is 114 Å². The number of carbonyl (C=O) groups is 2. The fraction of sp³-hybridized carbons (Fsp3) is 0.818. The molecule has 0 spiro atoms. The molecule has 0 aliphatic carbocycles. The van der Waals surface area contributed by atoms with Crippen molar-refractivity contribution in [2.75, 3.05) is 13.2 Å². The highest BCUT2D eigenvalue weighted by atomic mass is 16.5. The molecule has 5 N–H and O–H groups in total.